The van der Waals surface area contributed by atoms with Crippen LogP contribution in [0.1, 0.15) is 31.2 Å². The third-order valence-corrected chi connectivity index (χ3v) is 6.16. The molecule has 0 atom stereocenters. The fourth-order valence-electron chi connectivity index (χ4n) is 4.53. The highest BCUT2D eigenvalue weighted by Gasteiger charge is 2.24. The summed E-state index contributed by atoms with van der Waals surface area (Å²) in [4.78, 5) is 11.4. The molecule has 30 heavy (non-hydrogen) atoms. The zero-order chi connectivity index (χ0) is 20.2. The average Bonchev–Trinajstić information content (AvgIpc) is 2.81. The van der Waals surface area contributed by atoms with Crippen molar-refractivity contribution in [2.24, 2.45) is 5.92 Å². The highest BCUT2D eigenvalue weighted by atomic mass is 16.5. The quantitative estimate of drug-likeness (QED) is 0.644. The van der Waals surface area contributed by atoms with Gasteiger partial charge < -0.3 is 14.4 Å². The number of nitrogens with zero attached hydrogens (tertiary/aromatic N) is 5. The van der Waals surface area contributed by atoms with Gasteiger partial charge in [0.1, 0.15) is 11.3 Å². The second kappa shape index (κ2) is 8.92. The Kier molecular flexibility index (Phi) is 5.70. The number of anilines is 1. The van der Waals surface area contributed by atoms with Crippen molar-refractivity contribution < 1.29 is 9.47 Å². The SMILES string of the molecule is c1cc(CC2CCC(Oc3cc(N4CCOCC4)cc4nccnc34)CC2)cnn1. The summed E-state index contributed by atoms with van der Waals surface area (Å²) < 4.78 is 12.0. The number of hydrogen-bond acceptors (Lipinski definition) is 7. The third kappa shape index (κ3) is 4.36. The number of rotatable bonds is 5. The number of hydrogen-bond donors (Lipinski definition) is 0. The zero-order valence-electron chi connectivity index (χ0n) is 17.1. The van der Waals surface area contributed by atoms with E-state index in [1.54, 1.807) is 18.6 Å². The van der Waals surface area contributed by atoms with E-state index in [1.165, 1.54) is 18.4 Å². The summed E-state index contributed by atoms with van der Waals surface area (Å²) in [6, 6.07) is 6.31. The van der Waals surface area contributed by atoms with Gasteiger partial charge in [0.2, 0.25) is 0 Å². The van der Waals surface area contributed by atoms with Crippen molar-refractivity contribution in [2.45, 2.75) is 38.2 Å². The standard InChI is InChI=1S/C23H27N5O2/c1-3-20(4-2-17(1)13-18-5-6-26-27-16-18)30-22-15-19(28-9-11-29-12-10-28)14-21-23(22)25-8-7-24-21/h5-8,14-17,20H,1-4,9-13H2. The summed E-state index contributed by atoms with van der Waals surface area (Å²) in [5, 5.41) is 7.87. The van der Waals surface area contributed by atoms with Gasteiger partial charge in [0, 0.05) is 43.4 Å². The van der Waals surface area contributed by atoms with Crippen molar-refractivity contribution in [3.05, 3.63) is 48.5 Å². The van der Waals surface area contributed by atoms with Gasteiger partial charge in [-0.05, 0) is 55.7 Å². The maximum atomic E-state index is 6.52. The van der Waals surface area contributed by atoms with Crippen LogP contribution in [0.25, 0.3) is 11.0 Å². The highest BCUT2D eigenvalue weighted by molar-refractivity contribution is 5.85. The van der Waals surface area contributed by atoms with Crippen LogP contribution in [0.2, 0.25) is 0 Å². The molecule has 1 aliphatic carbocycles. The first-order chi connectivity index (χ1) is 14.8. The Morgan fingerprint density at radius 2 is 1.80 bits per heavy atom. The monoisotopic (exact) mass is 405 g/mol. The number of fused-ring (bicyclic) bond motifs is 1. The van der Waals surface area contributed by atoms with Gasteiger partial charge in [-0.25, -0.2) is 4.98 Å². The molecule has 2 aromatic heterocycles. The van der Waals surface area contributed by atoms with Crippen molar-refractivity contribution >= 4 is 16.7 Å². The average molecular weight is 406 g/mol. The summed E-state index contributed by atoms with van der Waals surface area (Å²) in [6.45, 7) is 3.29. The predicted molar refractivity (Wildman–Crippen MR) is 115 cm³/mol. The molecule has 1 saturated heterocycles. The smallest absolute Gasteiger partial charge is 0.149 e. The molecule has 1 aromatic carbocycles. The van der Waals surface area contributed by atoms with Crippen LogP contribution in [-0.2, 0) is 11.2 Å². The first-order valence-corrected chi connectivity index (χ1v) is 10.8. The zero-order valence-corrected chi connectivity index (χ0v) is 17.1. The second-order valence-corrected chi connectivity index (χ2v) is 8.18. The van der Waals surface area contributed by atoms with Crippen LogP contribution in [0.4, 0.5) is 5.69 Å². The van der Waals surface area contributed by atoms with E-state index in [2.05, 4.69) is 43.3 Å². The van der Waals surface area contributed by atoms with Crippen LogP contribution in [0, 0.1) is 5.92 Å². The molecule has 2 aliphatic rings. The fraction of sp³-hybridized carbons (Fsp3) is 0.478. The fourth-order valence-corrected chi connectivity index (χ4v) is 4.53. The molecule has 7 heteroatoms. The molecular formula is C23H27N5O2. The van der Waals surface area contributed by atoms with E-state index in [0.717, 1.165) is 68.0 Å². The lowest BCUT2D eigenvalue weighted by molar-refractivity contribution is 0.122. The molecule has 2 fully saturated rings. The molecule has 0 radical (unpaired) electrons. The summed E-state index contributed by atoms with van der Waals surface area (Å²) in [5.74, 6) is 1.54. The van der Waals surface area contributed by atoms with Gasteiger partial charge in [-0.15, -0.1) is 0 Å². The van der Waals surface area contributed by atoms with E-state index in [0.29, 0.717) is 5.92 Å². The van der Waals surface area contributed by atoms with Gasteiger partial charge in [0.25, 0.3) is 0 Å². The van der Waals surface area contributed by atoms with Crippen molar-refractivity contribution in [1.82, 2.24) is 20.2 Å². The van der Waals surface area contributed by atoms with Crippen molar-refractivity contribution in [1.29, 1.82) is 0 Å². The van der Waals surface area contributed by atoms with E-state index >= 15 is 0 Å². The van der Waals surface area contributed by atoms with Crippen LogP contribution in [0.3, 0.4) is 0 Å². The van der Waals surface area contributed by atoms with Crippen LogP contribution >= 0.6 is 0 Å². The number of aromatic nitrogens is 4. The number of ether oxygens (including phenoxy) is 2. The molecule has 0 spiro atoms. The summed E-state index contributed by atoms with van der Waals surface area (Å²) >= 11 is 0. The van der Waals surface area contributed by atoms with Crippen molar-refractivity contribution in [3.8, 4) is 5.75 Å². The maximum Gasteiger partial charge on any atom is 0.149 e. The molecule has 0 bridgehead atoms. The molecule has 0 N–H and O–H groups in total. The number of benzene rings is 1. The van der Waals surface area contributed by atoms with Crippen LogP contribution in [-0.4, -0.2) is 52.6 Å². The van der Waals surface area contributed by atoms with Gasteiger partial charge in [-0.1, -0.05) is 0 Å². The van der Waals surface area contributed by atoms with Gasteiger partial charge in [-0.3, -0.25) is 4.98 Å². The molecule has 3 heterocycles. The molecule has 3 aromatic rings. The normalized spacial score (nSPS) is 22.2. The van der Waals surface area contributed by atoms with E-state index in [4.69, 9.17) is 9.47 Å². The molecule has 0 unspecified atom stereocenters. The van der Waals surface area contributed by atoms with Crippen LogP contribution in [0.5, 0.6) is 5.75 Å². The van der Waals surface area contributed by atoms with E-state index < -0.39 is 0 Å². The van der Waals surface area contributed by atoms with Crippen LogP contribution in [0.15, 0.2) is 43.0 Å². The minimum Gasteiger partial charge on any atom is -0.488 e. The predicted octanol–water partition coefficient (Wildman–Crippen LogP) is 3.44. The van der Waals surface area contributed by atoms with Gasteiger partial charge in [0.15, 0.2) is 0 Å². The molecule has 1 saturated carbocycles. The molecule has 5 rings (SSSR count). The molecule has 156 valence electrons. The first-order valence-electron chi connectivity index (χ1n) is 10.8. The van der Waals surface area contributed by atoms with E-state index in [1.807, 2.05) is 6.20 Å². The first kappa shape index (κ1) is 19.2. The van der Waals surface area contributed by atoms with Crippen LogP contribution < -0.4 is 9.64 Å². The Balaban J connectivity index is 1.29. The summed E-state index contributed by atoms with van der Waals surface area (Å²) in [5.41, 5.74) is 4.14. The van der Waals surface area contributed by atoms with E-state index in [9.17, 15) is 0 Å². The lowest BCUT2D eigenvalue weighted by Gasteiger charge is -2.31. The Bertz CT molecular complexity index is 970. The molecular weight excluding hydrogens is 378 g/mol. The topological polar surface area (TPSA) is 73.3 Å². The van der Waals surface area contributed by atoms with Gasteiger partial charge in [0.05, 0.1) is 31.0 Å². The third-order valence-electron chi connectivity index (χ3n) is 6.16. The Morgan fingerprint density at radius 3 is 2.60 bits per heavy atom. The Labute approximate surface area is 176 Å². The van der Waals surface area contributed by atoms with Gasteiger partial charge in [-0.2, -0.15) is 10.2 Å². The summed E-state index contributed by atoms with van der Waals surface area (Å²) in [6.07, 6.45) is 12.9. The minimum absolute atomic E-state index is 0.224. The molecule has 0 amide bonds. The van der Waals surface area contributed by atoms with Gasteiger partial charge >= 0.3 is 0 Å². The highest BCUT2D eigenvalue weighted by Crippen LogP contribution is 2.34. The summed E-state index contributed by atoms with van der Waals surface area (Å²) in [7, 11) is 0. The van der Waals surface area contributed by atoms with Crippen molar-refractivity contribution in [3.63, 3.8) is 0 Å². The lowest BCUT2D eigenvalue weighted by Crippen LogP contribution is -2.36. The lowest BCUT2D eigenvalue weighted by atomic mass is 9.84. The Hall–Kier alpha value is -2.80. The Morgan fingerprint density at radius 1 is 0.967 bits per heavy atom. The van der Waals surface area contributed by atoms with Crippen molar-refractivity contribution in [2.75, 3.05) is 31.2 Å². The number of morpholine rings is 1. The molecule has 1 aliphatic heterocycles. The largest absolute Gasteiger partial charge is 0.488 e. The second-order valence-electron chi connectivity index (χ2n) is 8.18. The minimum atomic E-state index is 0.224. The van der Waals surface area contributed by atoms with E-state index in [-0.39, 0.29) is 6.10 Å². The molecule has 7 nitrogen and oxygen atoms in total. The maximum absolute atomic E-state index is 6.52.